The number of ether oxygens (including phenoxy) is 1. The van der Waals surface area contributed by atoms with Crippen LogP contribution in [0.4, 0.5) is 0 Å². The predicted octanol–water partition coefficient (Wildman–Crippen LogP) is 1.81. The lowest BCUT2D eigenvalue weighted by atomic mass is 9.73. The van der Waals surface area contributed by atoms with Crippen molar-refractivity contribution < 1.29 is 9.84 Å². The van der Waals surface area contributed by atoms with Crippen LogP contribution in [0.25, 0.3) is 0 Å². The van der Waals surface area contributed by atoms with Crippen LogP contribution in [0.1, 0.15) is 33.1 Å². The van der Waals surface area contributed by atoms with Gasteiger partial charge in [-0.2, -0.15) is 0 Å². The van der Waals surface area contributed by atoms with E-state index < -0.39 is 5.60 Å². The number of aliphatic hydroxyl groups is 1. The predicted molar refractivity (Wildman–Crippen MR) is 69.0 cm³/mol. The minimum Gasteiger partial charge on any atom is -0.389 e. The summed E-state index contributed by atoms with van der Waals surface area (Å²) >= 11 is 0. The molecule has 2 fully saturated rings. The molecular weight excluding hydrogens is 214 g/mol. The number of hydrogen-bond donors (Lipinski definition) is 1. The number of morpholine rings is 1. The Hall–Kier alpha value is -0.380. The highest BCUT2D eigenvalue weighted by Gasteiger charge is 2.41. The summed E-state index contributed by atoms with van der Waals surface area (Å²) in [6, 6.07) is 0.266. The summed E-state index contributed by atoms with van der Waals surface area (Å²) in [6.45, 7) is 11.7. The van der Waals surface area contributed by atoms with Gasteiger partial charge in [0.2, 0.25) is 0 Å². The van der Waals surface area contributed by atoms with E-state index in [1.165, 1.54) is 5.57 Å². The van der Waals surface area contributed by atoms with E-state index in [0.717, 1.165) is 45.6 Å². The summed E-state index contributed by atoms with van der Waals surface area (Å²) < 4.78 is 5.39. The van der Waals surface area contributed by atoms with Gasteiger partial charge >= 0.3 is 0 Å². The van der Waals surface area contributed by atoms with Gasteiger partial charge < -0.3 is 9.84 Å². The zero-order chi connectivity index (χ0) is 12.5. The van der Waals surface area contributed by atoms with Crippen LogP contribution in [0.5, 0.6) is 0 Å². The lowest BCUT2D eigenvalue weighted by Crippen LogP contribution is -2.57. The Morgan fingerprint density at radius 2 is 2.06 bits per heavy atom. The molecule has 0 amide bonds. The molecule has 3 atom stereocenters. The van der Waals surface area contributed by atoms with Gasteiger partial charge in [-0.05, 0) is 39.0 Å². The molecule has 0 aromatic heterocycles. The molecule has 1 aliphatic heterocycles. The van der Waals surface area contributed by atoms with Gasteiger partial charge in [-0.1, -0.05) is 12.2 Å². The average molecular weight is 239 g/mol. The molecule has 17 heavy (non-hydrogen) atoms. The highest BCUT2D eigenvalue weighted by molar-refractivity contribution is 5.05. The summed E-state index contributed by atoms with van der Waals surface area (Å²) in [7, 11) is 0. The van der Waals surface area contributed by atoms with Crippen LogP contribution in [-0.4, -0.2) is 48.0 Å². The van der Waals surface area contributed by atoms with Gasteiger partial charge in [0, 0.05) is 19.1 Å². The van der Waals surface area contributed by atoms with Crippen molar-refractivity contribution in [3.63, 3.8) is 0 Å². The van der Waals surface area contributed by atoms with Crippen LogP contribution in [0, 0.1) is 5.92 Å². The monoisotopic (exact) mass is 239 g/mol. The van der Waals surface area contributed by atoms with Crippen LogP contribution >= 0.6 is 0 Å². The maximum Gasteiger partial charge on any atom is 0.0774 e. The van der Waals surface area contributed by atoms with E-state index in [-0.39, 0.29) is 6.04 Å². The Kier molecular flexibility index (Phi) is 3.91. The molecule has 0 radical (unpaired) electrons. The van der Waals surface area contributed by atoms with Gasteiger partial charge in [0.1, 0.15) is 0 Å². The first kappa shape index (κ1) is 13.1. The third kappa shape index (κ3) is 2.90. The molecule has 1 N–H and O–H groups in total. The van der Waals surface area contributed by atoms with Gasteiger partial charge in [0.15, 0.2) is 0 Å². The number of allylic oxidation sites excluding steroid dienone is 1. The highest BCUT2D eigenvalue weighted by Crippen LogP contribution is 2.38. The molecule has 1 heterocycles. The smallest absolute Gasteiger partial charge is 0.0774 e. The molecule has 2 aliphatic rings. The first-order valence-electron chi connectivity index (χ1n) is 6.70. The quantitative estimate of drug-likeness (QED) is 0.746. The molecule has 0 aromatic rings. The topological polar surface area (TPSA) is 32.7 Å². The van der Waals surface area contributed by atoms with Crippen molar-refractivity contribution in [2.45, 2.75) is 44.8 Å². The third-order valence-electron chi connectivity index (χ3n) is 4.41. The van der Waals surface area contributed by atoms with Crippen molar-refractivity contribution in [3.05, 3.63) is 12.2 Å². The fourth-order valence-electron chi connectivity index (χ4n) is 3.15. The summed E-state index contributed by atoms with van der Waals surface area (Å²) in [5.41, 5.74) is 0.710. The van der Waals surface area contributed by atoms with E-state index in [0.29, 0.717) is 5.92 Å². The van der Waals surface area contributed by atoms with E-state index in [1.807, 2.05) is 6.92 Å². The largest absolute Gasteiger partial charge is 0.389 e. The molecule has 1 saturated heterocycles. The van der Waals surface area contributed by atoms with E-state index in [1.54, 1.807) is 0 Å². The van der Waals surface area contributed by atoms with Gasteiger partial charge in [0.25, 0.3) is 0 Å². The number of nitrogens with zero attached hydrogens (tertiary/aromatic N) is 1. The fraction of sp³-hybridized carbons (Fsp3) is 0.857. The molecule has 2 unspecified atom stereocenters. The summed E-state index contributed by atoms with van der Waals surface area (Å²) in [5.74, 6) is 0.572. The van der Waals surface area contributed by atoms with Crippen LogP contribution in [0.2, 0.25) is 0 Å². The van der Waals surface area contributed by atoms with Crippen molar-refractivity contribution in [1.82, 2.24) is 4.90 Å². The van der Waals surface area contributed by atoms with Gasteiger partial charge in [-0.15, -0.1) is 0 Å². The fourth-order valence-corrected chi connectivity index (χ4v) is 3.15. The van der Waals surface area contributed by atoms with Crippen LogP contribution in [0.15, 0.2) is 12.2 Å². The maximum atomic E-state index is 10.6. The zero-order valence-electron chi connectivity index (χ0n) is 11.1. The van der Waals surface area contributed by atoms with Crippen molar-refractivity contribution in [1.29, 1.82) is 0 Å². The second kappa shape index (κ2) is 5.09. The van der Waals surface area contributed by atoms with E-state index in [4.69, 9.17) is 4.74 Å². The molecule has 3 heteroatoms. The van der Waals surface area contributed by atoms with Crippen molar-refractivity contribution >= 4 is 0 Å². The number of rotatable bonds is 2. The average Bonchev–Trinajstić information content (AvgIpc) is 2.29. The lowest BCUT2D eigenvalue weighted by Gasteiger charge is -2.47. The molecule has 0 bridgehead atoms. The Morgan fingerprint density at radius 1 is 1.41 bits per heavy atom. The zero-order valence-corrected chi connectivity index (χ0v) is 11.1. The molecule has 3 nitrogen and oxygen atoms in total. The molecular formula is C14H25NO2. The Balaban J connectivity index is 2.06. The second-order valence-electron chi connectivity index (χ2n) is 5.84. The summed E-state index contributed by atoms with van der Waals surface area (Å²) in [5, 5.41) is 10.6. The Labute approximate surface area is 104 Å². The van der Waals surface area contributed by atoms with Crippen LogP contribution in [0.3, 0.4) is 0 Å². The molecule has 1 aliphatic carbocycles. The van der Waals surface area contributed by atoms with Gasteiger partial charge in [0.05, 0.1) is 18.8 Å². The maximum absolute atomic E-state index is 10.6. The first-order chi connectivity index (χ1) is 8.00. The molecule has 1 saturated carbocycles. The highest BCUT2D eigenvalue weighted by atomic mass is 16.5. The third-order valence-corrected chi connectivity index (χ3v) is 4.41. The summed E-state index contributed by atoms with van der Waals surface area (Å²) in [4.78, 5) is 2.40. The molecule has 98 valence electrons. The van der Waals surface area contributed by atoms with Gasteiger partial charge in [-0.25, -0.2) is 0 Å². The minimum absolute atomic E-state index is 0.266. The first-order valence-corrected chi connectivity index (χ1v) is 6.70. The lowest BCUT2D eigenvalue weighted by molar-refractivity contribution is -0.0938. The van der Waals surface area contributed by atoms with E-state index in [9.17, 15) is 5.11 Å². The van der Waals surface area contributed by atoms with Crippen LogP contribution in [-0.2, 0) is 4.74 Å². The molecule has 0 aromatic carbocycles. The SMILES string of the molecule is C=C(C)C1CC[C@@](C)(O)C(N2CCOCC2)C1. The van der Waals surface area contributed by atoms with Crippen molar-refractivity contribution in [2.24, 2.45) is 5.92 Å². The second-order valence-corrected chi connectivity index (χ2v) is 5.84. The van der Waals surface area contributed by atoms with E-state index >= 15 is 0 Å². The Bertz CT molecular complexity index is 282. The van der Waals surface area contributed by atoms with E-state index in [2.05, 4.69) is 18.4 Å². The normalized spacial score (nSPS) is 40.2. The van der Waals surface area contributed by atoms with Crippen molar-refractivity contribution in [3.8, 4) is 0 Å². The Morgan fingerprint density at radius 3 is 2.65 bits per heavy atom. The summed E-state index contributed by atoms with van der Waals surface area (Å²) in [6.07, 6.45) is 3.00. The minimum atomic E-state index is -0.552. The van der Waals surface area contributed by atoms with Crippen LogP contribution < -0.4 is 0 Å². The van der Waals surface area contributed by atoms with Gasteiger partial charge in [-0.3, -0.25) is 4.90 Å². The molecule has 2 rings (SSSR count). The van der Waals surface area contributed by atoms with Crippen molar-refractivity contribution in [2.75, 3.05) is 26.3 Å². The standard InChI is InChI=1S/C14H25NO2/c1-11(2)12-4-5-14(3,16)13(10-12)15-6-8-17-9-7-15/h12-13,16H,1,4-10H2,2-3H3/t12?,13?,14-/m1/s1. The molecule has 0 spiro atoms. The number of hydrogen-bond acceptors (Lipinski definition) is 3.